The SMILES string of the molecule is C=C[C@]1(CO)O[C@@H](n2ccc(N)nc2=O)C[C@@H]1O. The van der Waals surface area contributed by atoms with Gasteiger partial charge in [0.15, 0.2) is 0 Å². The summed E-state index contributed by atoms with van der Waals surface area (Å²) in [4.78, 5) is 15.2. The minimum atomic E-state index is -1.24. The lowest BCUT2D eigenvalue weighted by Gasteiger charge is -2.26. The van der Waals surface area contributed by atoms with E-state index < -0.39 is 30.2 Å². The number of nitrogens with zero attached hydrogens (tertiary/aromatic N) is 2. The number of aromatic nitrogens is 2. The number of rotatable bonds is 3. The molecule has 1 aliphatic rings. The third kappa shape index (κ3) is 1.92. The molecule has 0 aromatic carbocycles. The second-order valence-corrected chi connectivity index (χ2v) is 4.18. The minimum Gasteiger partial charge on any atom is -0.393 e. The maximum absolute atomic E-state index is 11.6. The van der Waals surface area contributed by atoms with E-state index in [0.29, 0.717) is 0 Å². The van der Waals surface area contributed by atoms with Crippen molar-refractivity contribution in [3.05, 3.63) is 35.4 Å². The Morgan fingerprint density at radius 1 is 1.78 bits per heavy atom. The van der Waals surface area contributed by atoms with E-state index >= 15 is 0 Å². The van der Waals surface area contributed by atoms with Gasteiger partial charge >= 0.3 is 5.69 Å². The maximum atomic E-state index is 11.6. The number of aliphatic hydroxyl groups excluding tert-OH is 2. The molecule has 7 heteroatoms. The molecule has 1 saturated heterocycles. The highest BCUT2D eigenvalue weighted by atomic mass is 16.6. The van der Waals surface area contributed by atoms with Gasteiger partial charge in [0.1, 0.15) is 17.6 Å². The van der Waals surface area contributed by atoms with Crippen molar-refractivity contribution in [3.63, 3.8) is 0 Å². The zero-order valence-corrected chi connectivity index (χ0v) is 9.69. The minimum absolute atomic E-state index is 0.118. The van der Waals surface area contributed by atoms with Gasteiger partial charge in [-0.05, 0) is 6.07 Å². The molecule has 0 radical (unpaired) electrons. The van der Waals surface area contributed by atoms with Gasteiger partial charge in [-0.15, -0.1) is 6.58 Å². The quantitative estimate of drug-likeness (QED) is 0.597. The van der Waals surface area contributed by atoms with Gasteiger partial charge in [-0.2, -0.15) is 4.98 Å². The van der Waals surface area contributed by atoms with Crippen molar-refractivity contribution < 1.29 is 14.9 Å². The highest BCUT2D eigenvalue weighted by molar-refractivity contribution is 5.23. The molecule has 2 heterocycles. The van der Waals surface area contributed by atoms with Crippen LogP contribution >= 0.6 is 0 Å². The zero-order valence-electron chi connectivity index (χ0n) is 9.69. The van der Waals surface area contributed by atoms with Crippen LogP contribution in [0.1, 0.15) is 12.6 Å². The highest BCUT2D eigenvalue weighted by Crippen LogP contribution is 2.36. The van der Waals surface area contributed by atoms with Gasteiger partial charge in [0, 0.05) is 12.6 Å². The summed E-state index contributed by atoms with van der Waals surface area (Å²) in [5.41, 5.74) is 3.58. The van der Waals surface area contributed by atoms with Crippen LogP contribution in [0.5, 0.6) is 0 Å². The first kappa shape index (κ1) is 12.7. The Bertz CT molecular complexity index is 515. The van der Waals surface area contributed by atoms with Gasteiger partial charge in [-0.3, -0.25) is 4.57 Å². The normalized spacial score (nSPS) is 31.4. The molecular formula is C11H15N3O4. The Hall–Kier alpha value is -1.70. The van der Waals surface area contributed by atoms with Crippen molar-refractivity contribution in [2.45, 2.75) is 24.4 Å². The van der Waals surface area contributed by atoms with Crippen LogP contribution in [-0.4, -0.2) is 38.1 Å². The topological polar surface area (TPSA) is 111 Å². The molecule has 0 aliphatic carbocycles. The number of hydrogen-bond acceptors (Lipinski definition) is 6. The van der Waals surface area contributed by atoms with E-state index in [1.54, 1.807) is 0 Å². The van der Waals surface area contributed by atoms with Gasteiger partial charge in [0.25, 0.3) is 0 Å². The predicted octanol–water partition coefficient (Wildman–Crippen LogP) is -0.978. The molecule has 98 valence electrons. The molecule has 0 amide bonds. The number of aliphatic hydroxyl groups is 2. The summed E-state index contributed by atoms with van der Waals surface area (Å²) < 4.78 is 6.75. The summed E-state index contributed by atoms with van der Waals surface area (Å²) >= 11 is 0. The number of ether oxygens (including phenoxy) is 1. The van der Waals surface area contributed by atoms with E-state index in [1.165, 1.54) is 22.9 Å². The fraction of sp³-hybridized carbons (Fsp3) is 0.455. The van der Waals surface area contributed by atoms with E-state index in [9.17, 15) is 15.0 Å². The van der Waals surface area contributed by atoms with Crippen LogP contribution < -0.4 is 11.4 Å². The third-order valence-corrected chi connectivity index (χ3v) is 3.10. The number of nitrogens with two attached hydrogens (primary N) is 1. The van der Waals surface area contributed by atoms with Crippen molar-refractivity contribution in [3.8, 4) is 0 Å². The van der Waals surface area contributed by atoms with Crippen molar-refractivity contribution in [1.29, 1.82) is 0 Å². The molecule has 7 nitrogen and oxygen atoms in total. The van der Waals surface area contributed by atoms with E-state index in [2.05, 4.69) is 11.6 Å². The molecule has 18 heavy (non-hydrogen) atoms. The smallest absolute Gasteiger partial charge is 0.351 e. The number of hydrogen-bond donors (Lipinski definition) is 3. The standard InChI is InChI=1S/C11H15N3O4/c1-2-11(6-15)7(16)5-9(18-11)14-4-3-8(12)13-10(14)17/h2-4,7,9,15-16H,1,5-6H2,(H2,12,13,17)/t7-,9+,11+/m0/s1. The largest absolute Gasteiger partial charge is 0.393 e. The molecule has 0 spiro atoms. The van der Waals surface area contributed by atoms with Crippen molar-refractivity contribution in [1.82, 2.24) is 9.55 Å². The van der Waals surface area contributed by atoms with Gasteiger partial charge in [0.05, 0.1) is 12.7 Å². The zero-order chi connectivity index (χ0) is 13.3. The Morgan fingerprint density at radius 3 is 3.00 bits per heavy atom. The molecule has 2 rings (SSSR count). The van der Waals surface area contributed by atoms with Crippen molar-refractivity contribution >= 4 is 5.82 Å². The van der Waals surface area contributed by atoms with Crippen LogP contribution in [0.4, 0.5) is 5.82 Å². The summed E-state index contributed by atoms with van der Waals surface area (Å²) in [6.07, 6.45) is 1.31. The first-order valence-corrected chi connectivity index (χ1v) is 5.47. The summed E-state index contributed by atoms with van der Waals surface area (Å²) in [6, 6.07) is 1.46. The summed E-state index contributed by atoms with van der Waals surface area (Å²) in [5.74, 6) is 0.118. The first-order chi connectivity index (χ1) is 8.52. The van der Waals surface area contributed by atoms with E-state index in [1.807, 2.05) is 0 Å². The molecule has 0 unspecified atom stereocenters. The average Bonchev–Trinajstić information content (AvgIpc) is 2.67. The summed E-state index contributed by atoms with van der Waals surface area (Å²) in [7, 11) is 0. The van der Waals surface area contributed by atoms with Crippen LogP contribution in [0, 0.1) is 0 Å². The van der Waals surface area contributed by atoms with Crippen LogP contribution in [0.15, 0.2) is 29.7 Å². The predicted molar refractivity (Wildman–Crippen MR) is 63.7 cm³/mol. The Kier molecular flexibility index (Phi) is 3.20. The lowest BCUT2D eigenvalue weighted by Crippen LogP contribution is -2.41. The fourth-order valence-corrected chi connectivity index (χ4v) is 1.98. The molecule has 1 fully saturated rings. The van der Waals surface area contributed by atoms with Crippen molar-refractivity contribution in [2.24, 2.45) is 0 Å². The van der Waals surface area contributed by atoms with Crippen LogP contribution in [0.2, 0.25) is 0 Å². The molecular weight excluding hydrogens is 238 g/mol. The molecule has 1 aromatic heterocycles. The Morgan fingerprint density at radius 2 is 2.50 bits per heavy atom. The lowest BCUT2D eigenvalue weighted by atomic mass is 9.98. The third-order valence-electron chi connectivity index (χ3n) is 3.10. The average molecular weight is 253 g/mol. The van der Waals surface area contributed by atoms with E-state index in [0.717, 1.165) is 0 Å². The van der Waals surface area contributed by atoms with Crippen LogP contribution in [-0.2, 0) is 4.74 Å². The molecule has 0 saturated carbocycles. The molecule has 3 atom stereocenters. The number of nitrogen functional groups attached to an aromatic ring is 1. The van der Waals surface area contributed by atoms with Gasteiger partial charge < -0.3 is 20.7 Å². The van der Waals surface area contributed by atoms with E-state index in [-0.39, 0.29) is 12.2 Å². The van der Waals surface area contributed by atoms with Gasteiger partial charge in [-0.25, -0.2) is 4.79 Å². The number of anilines is 1. The summed E-state index contributed by atoms with van der Waals surface area (Å²) in [6.45, 7) is 3.12. The molecule has 1 aromatic rings. The van der Waals surface area contributed by atoms with Gasteiger partial charge in [-0.1, -0.05) is 6.08 Å². The lowest BCUT2D eigenvalue weighted by molar-refractivity contribution is -0.0973. The monoisotopic (exact) mass is 253 g/mol. The maximum Gasteiger partial charge on any atom is 0.351 e. The fourth-order valence-electron chi connectivity index (χ4n) is 1.98. The molecule has 1 aliphatic heterocycles. The molecule has 4 N–H and O–H groups in total. The highest BCUT2D eigenvalue weighted by Gasteiger charge is 2.46. The second-order valence-electron chi connectivity index (χ2n) is 4.18. The second kappa shape index (κ2) is 4.52. The summed E-state index contributed by atoms with van der Waals surface area (Å²) in [5, 5.41) is 19.2. The van der Waals surface area contributed by atoms with Crippen molar-refractivity contribution in [2.75, 3.05) is 12.3 Å². The van der Waals surface area contributed by atoms with Gasteiger partial charge in [0.2, 0.25) is 0 Å². The van der Waals surface area contributed by atoms with E-state index in [4.69, 9.17) is 10.5 Å². The van der Waals surface area contributed by atoms with Crippen LogP contribution in [0.3, 0.4) is 0 Å². The Balaban J connectivity index is 2.32. The van der Waals surface area contributed by atoms with Crippen LogP contribution in [0.25, 0.3) is 0 Å². The Labute approximate surface area is 103 Å². The molecule has 0 bridgehead atoms. The first-order valence-electron chi connectivity index (χ1n) is 5.47.